The molecule has 0 unspecified atom stereocenters. The van der Waals surface area contributed by atoms with Crippen LogP contribution in [0.1, 0.15) is 25.3 Å². The number of halogens is 2. The van der Waals surface area contributed by atoms with E-state index >= 15 is 0 Å². The average molecular weight is 199 g/mol. The number of hydrogen-bond donors (Lipinski definition) is 1. The second kappa shape index (κ2) is 5.05. The van der Waals surface area contributed by atoms with Crippen LogP contribution in [0.3, 0.4) is 0 Å². The number of rotatable bonds is 4. The molecule has 1 rings (SSSR count). The van der Waals surface area contributed by atoms with E-state index in [-0.39, 0.29) is 6.04 Å². The molecule has 0 aliphatic heterocycles. The molecule has 0 heterocycles. The summed E-state index contributed by atoms with van der Waals surface area (Å²) in [6, 6.07) is 3.52. The predicted molar refractivity (Wildman–Crippen MR) is 52.9 cm³/mol. The van der Waals surface area contributed by atoms with E-state index < -0.39 is 11.6 Å². The third-order valence-corrected chi connectivity index (χ3v) is 2.08. The van der Waals surface area contributed by atoms with Crippen LogP contribution in [0.4, 0.5) is 8.78 Å². The van der Waals surface area contributed by atoms with Crippen molar-refractivity contribution in [3.8, 4) is 0 Å². The van der Waals surface area contributed by atoms with Crippen LogP contribution in [-0.2, 0) is 6.42 Å². The molecule has 3 heteroatoms. The SMILES string of the molecule is CCC[C@@H](N)Cc1cc(F)cc(F)c1. The summed E-state index contributed by atoms with van der Waals surface area (Å²) in [6.45, 7) is 2.03. The van der Waals surface area contributed by atoms with Crippen molar-refractivity contribution in [2.75, 3.05) is 0 Å². The third kappa shape index (κ3) is 3.42. The standard InChI is InChI=1S/C11H15F2N/c1-2-3-11(14)6-8-4-9(12)7-10(13)5-8/h4-5,7,11H,2-3,6,14H2,1H3/t11-/m1/s1. The van der Waals surface area contributed by atoms with Gasteiger partial charge in [0.1, 0.15) is 11.6 Å². The minimum atomic E-state index is -0.538. The summed E-state index contributed by atoms with van der Waals surface area (Å²) < 4.78 is 25.6. The Bertz CT molecular complexity index is 279. The molecule has 0 aromatic heterocycles. The van der Waals surface area contributed by atoms with E-state index in [0.717, 1.165) is 18.9 Å². The van der Waals surface area contributed by atoms with Crippen molar-refractivity contribution in [2.24, 2.45) is 5.73 Å². The zero-order valence-corrected chi connectivity index (χ0v) is 8.26. The van der Waals surface area contributed by atoms with Crippen LogP contribution in [0.25, 0.3) is 0 Å². The highest BCUT2D eigenvalue weighted by molar-refractivity contribution is 5.18. The lowest BCUT2D eigenvalue weighted by Crippen LogP contribution is -2.22. The van der Waals surface area contributed by atoms with Gasteiger partial charge in [0, 0.05) is 12.1 Å². The van der Waals surface area contributed by atoms with Gasteiger partial charge in [-0.25, -0.2) is 8.78 Å². The zero-order valence-electron chi connectivity index (χ0n) is 8.26. The number of hydrogen-bond acceptors (Lipinski definition) is 1. The molecule has 1 nitrogen and oxygen atoms in total. The molecule has 0 bridgehead atoms. The van der Waals surface area contributed by atoms with Gasteiger partial charge in [0.25, 0.3) is 0 Å². The first-order chi connectivity index (χ1) is 6.61. The lowest BCUT2D eigenvalue weighted by molar-refractivity contribution is 0.566. The topological polar surface area (TPSA) is 26.0 Å². The Kier molecular flexibility index (Phi) is 4.01. The van der Waals surface area contributed by atoms with Gasteiger partial charge in [-0.05, 0) is 30.5 Å². The molecule has 0 spiro atoms. The first-order valence-corrected chi connectivity index (χ1v) is 4.82. The highest BCUT2D eigenvalue weighted by Crippen LogP contribution is 2.11. The normalized spacial score (nSPS) is 12.9. The molecule has 2 N–H and O–H groups in total. The first-order valence-electron chi connectivity index (χ1n) is 4.82. The molecule has 0 aliphatic carbocycles. The molecular formula is C11H15F2N. The fourth-order valence-corrected chi connectivity index (χ4v) is 1.50. The van der Waals surface area contributed by atoms with Crippen molar-refractivity contribution in [1.82, 2.24) is 0 Å². The Hall–Kier alpha value is -0.960. The van der Waals surface area contributed by atoms with Crippen molar-refractivity contribution in [3.05, 3.63) is 35.4 Å². The second-order valence-electron chi connectivity index (χ2n) is 3.53. The van der Waals surface area contributed by atoms with Gasteiger partial charge >= 0.3 is 0 Å². The van der Waals surface area contributed by atoms with Crippen LogP contribution in [0, 0.1) is 11.6 Å². The van der Waals surface area contributed by atoms with E-state index in [4.69, 9.17) is 5.73 Å². The minimum Gasteiger partial charge on any atom is -0.327 e. The summed E-state index contributed by atoms with van der Waals surface area (Å²) in [5.74, 6) is -1.08. The summed E-state index contributed by atoms with van der Waals surface area (Å²) in [6.07, 6.45) is 2.39. The Morgan fingerprint density at radius 2 is 1.79 bits per heavy atom. The third-order valence-electron chi connectivity index (χ3n) is 2.08. The van der Waals surface area contributed by atoms with E-state index in [0.29, 0.717) is 12.0 Å². The van der Waals surface area contributed by atoms with Crippen molar-refractivity contribution < 1.29 is 8.78 Å². The molecule has 1 aromatic rings. The maximum Gasteiger partial charge on any atom is 0.126 e. The highest BCUT2D eigenvalue weighted by Gasteiger charge is 2.05. The molecule has 78 valence electrons. The largest absolute Gasteiger partial charge is 0.327 e. The molecule has 0 saturated heterocycles. The Balaban J connectivity index is 2.66. The van der Waals surface area contributed by atoms with E-state index in [9.17, 15) is 8.78 Å². The fourth-order valence-electron chi connectivity index (χ4n) is 1.50. The molecule has 0 saturated carbocycles. The highest BCUT2D eigenvalue weighted by atomic mass is 19.1. The molecular weight excluding hydrogens is 184 g/mol. The maximum absolute atomic E-state index is 12.8. The van der Waals surface area contributed by atoms with Gasteiger partial charge in [0.05, 0.1) is 0 Å². The van der Waals surface area contributed by atoms with Crippen LogP contribution in [0.2, 0.25) is 0 Å². The van der Waals surface area contributed by atoms with E-state index in [2.05, 4.69) is 0 Å². The van der Waals surface area contributed by atoms with Crippen LogP contribution in [-0.4, -0.2) is 6.04 Å². The summed E-state index contributed by atoms with van der Waals surface area (Å²) in [5.41, 5.74) is 6.40. The number of benzene rings is 1. The molecule has 1 atom stereocenters. The maximum atomic E-state index is 12.8. The smallest absolute Gasteiger partial charge is 0.126 e. The summed E-state index contributed by atoms with van der Waals surface area (Å²) in [7, 11) is 0. The van der Waals surface area contributed by atoms with Gasteiger partial charge in [-0.2, -0.15) is 0 Å². The van der Waals surface area contributed by atoms with Crippen LogP contribution in [0.5, 0.6) is 0 Å². The molecule has 0 fully saturated rings. The number of nitrogens with two attached hydrogens (primary N) is 1. The molecule has 0 amide bonds. The van der Waals surface area contributed by atoms with Crippen LogP contribution in [0.15, 0.2) is 18.2 Å². The van der Waals surface area contributed by atoms with Gasteiger partial charge in [-0.1, -0.05) is 13.3 Å². The van der Waals surface area contributed by atoms with Crippen molar-refractivity contribution >= 4 is 0 Å². The molecule has 0 aliphatic rings. The summed E-state index contributed by atoms with van der Waals surface area (Å²) >= 11 is 0. The van der Waals surface area contributed by atoms with Gasteiger partial charge < -0.3 is 5.73 Å². The van der Waals surface area contributed by atoms with Crippen molar-refractivity contribution in [2.45, 2.75) is 32.2 Å². The Morgan fingerprint density at radius 1 is 1.21 bits per heavy atom. The Morgan fingerprint density at radius 3 is 2.29 bits per heavy atom. The predicted octanol–water partition coefficient (Wildman–Crippen LogP) is 2.63. The van der Waals surface area contributed by atoms with Gasteiger partial charge in [-0.15, -0.1) is 0 Å². The quantitative estimate of drug-likeness (QED) is 0.792. The van der Waals surface area contributed by atoms with E-state index in [1.807, 2.05) is 6.92 Å². The van der Waals surface area contributed by atoms with Crippen LogP contribution >= 0.6 is 0 Å². The summed E-state index contributed by atoms with van der Waals surface area (Å²) in [5, 5.41) is 0. The van der Waals surface area contributed by atoms with E-state index in [1.54, 1.807) is 0 Å². The molecule has 0 radical (unpaired) electrons. The molecule has 1 aromatic carbocycles. The zero-order chi connectivity index (χ0) is 10.6. The van der Waals surface area contributed by atoms with Crippen molar-refractivity contribution in [3.63, 3.8) is 0 Å². The lowest BCUT2D eigenvalue weighted by atomic mass is 10.0. The second-order valence-corrected chi connectivity index (χ2v) is 3.53. The van der Waals surface area contributed by atoms with E-state index in [1.165, 1.54) is 12.1 Å². The van der Waals surface area contributed by atoms with Gasteiger partial charge in [0.2, 0.25) is 0 Å². The Labute approximate surface area is 82.9 Å². The first kappa shape index (κ1) is 11.1. The van der Waals surface area contributed by atoms with Crippen LogP contribution < -0.4 is 5.73 Å². The summed E-state index contributed by atoms with van der Waals surface area (Å²) in [4.78, 5) is 0. The van der Waals surface area contributed by atoms with Gasteiger partial charge in [0.15, 0.2) is 0 Å². The van der Waals surface area contributed by atoms with Gasteiger partial charge in [-0.3, -0.25) is 0 Å². The average Bonchev–Trinajstić information content (AvgIpc) is 2.01. The fraction of sp³-hybridized carbons (Fsp3) is 0.455. The monoisotopic (exact) mass is 199 g/mol. The lowest BCUT2D eigenvalue weighted by Gasteiger charge is -2.10. The van der Waals surface area contributed by atoms with Crippen molar-refractivity contribution in [1.29, 1.82) is 0 Å². The molecule has 14 heavy (non-hydrogen) atoms. The minimum absolute atomic E-state index is 0.0128.